The smallest absolute Gasteiger partial charge is 0.255 e. The molecule has 3 nitrogen and oxygen atoms in total. The van der Waals surface area contributed by atoms with Crippen LogP contribution in [0.2, 0.25) is 5.02 Å². The number of aryl methyl sites for hydroxylation is 1. The van der Waals surface area contributed by atoms with Crippen LogP contribution in [0, 0.1) is 6.92 Å². The minimum atomic E-state index is -0.187. The van der Waals surface area contributed by atoms with Gasteiger partial charge >= 0.3 is 0 Å². The molecule has 0 bridgehead atoms. The summed E-state index contributed by atoms with van der Waals surface area (Å²) < 4.78 is 0. The zero-order valence-corrected chi connectivity index (χ0v) is 12.2. The summed E-state index contributed by atoms with van der Waals surface area (Å²) in [5.41, 5.74) is 3.06. The Balaban J connectivity index is 1.94. The Morgan fingerprint density at radius 3 is 2.81 bits per heavy atom. The fraction of sp³-hybridized carbons (Fsp3) is 0.0588. The third kappa shape index (κ3) is 2.73. The van der Waals surface area contributed by atoms with Gasteiger partial charge in [0, 0.05) is 22.2 Å². The van der Waals surface area contributed by atoms with E-state index in [0.717, 1.165) is 22.2 Å². The van der Waals surface area contributed by atoms with Gasteiger partial charge < -0.3 is 5.32 Å². The summed E-state index contributed by atoms with van der Waals surface area (Å²) in [5, 5.41) is 4.40. The molecule has 21 heavy (non-hydrogen) atoms. The van der Waals surface area contributed by atoms with Crippen molar-refractivity contribution in [2.75, 3.05) is 5.32 Å². The Kier molecular flexibility index (Phi) is 3.59. The minimum Gasteiger partial charge on any atom is -0.321 e. The number of nitrogens with one attached hydrogen (secondary N) is 1. The lowest BCUT2D eigenvalue weighted by atomic mass is 10.1. The summed E-state index contributed by atoms with van der Waals surface area (Å²) in [6.07, 6.45) is 1.73. The fourth-order valence-corrected chi connectivity index (χ4v) is 2.32. The first-order chi connectivity index (χ1) is 10.1. The lowest BCUT2D eigenvalue weighted by molar-refractivity contribution is 0.102. The number of fused-ring (bicyclic) bond motifs is 1. The van der Waals surface area contributed by atoms with Crippen LogP contribution in [0.15, 0.2) is 54.7 Å². The summed E-state index contributed by atoms with van der Waals surface area (Å²) in [7, 11) is 0. The Morgan fingerprint density at radius 1 is 1.14 bits per heavy atom. The number of hydrogen-bond acceptors (Lipinski definition) is 2. The lowest BCUT2D eigenvalue weighted by Gasteiger charge is -2.09. The summed E-state index contributed by atoms with van der Waals surface area (Å²) in [6.45, 7) is 1.90. The van der Waals surface area contributed by atoms with Crippen molar-refractivity contribution in [3.63, 3.8) is 0 Å². The SMILES string of the molecule is Cc1ccc(C(=O)Nc2cccc3ncccc23)cc1Cl. The molecule has 0 atom stereocenters. The molecular formula is C17H13ClN2O. The number of carbonyl (C=O) groups is 1. The van der Waals surface area contributed by atoms with Crippen molar-refractivity contribution in [1.29, 1.82) is 0 Å². The van der Waals surface area contributed by atoms with E-state index < -0.39 is 0 Å². The zero-order valence-electron chi connectivity index (χ0n) is 11.4. The summed E-state index contributed by atoms with van der Waals surface area (Å²) in [5.74, 6) is -0.187. The number of rotatable bonds is 2. The van der Waals surface area contributed by atoms with Crippen molar-refractivity contribution < 1.29 is 4.79 Å². The molecule has 0 unspecified atom stereocenters. The van der Waals surface area contributed by atoms with E-state index in [-0.39, 0.29) is 5.91 Å². The molecule has 1 heterocycles. The maximum absolute atomic E-state index is 12.3. The molecule has 3 aromatic rings. The summed E-state index contributed by atoms with van der Waals surface area (Å²) in [4.78, 5) is 16.6. The molecule has 0 saturated carbocycles. The predicted molar refractivity (Wildman–Crippen MR) is 85.9 cm³/mol. The molecule has 0 aliphatic rings. The molecule has 0 spiro atoms. The van der Waals surface area contributed by atoms with Crippen LogP contribution in [0.5, 0.6) is 0 Å². The Labute approximate surface area is 127 Å². The number of anilines is 1. The van der Waals surface area contributed by atoms with E-state index in [4.69, 9.17) is 11.6 Å². The van der Waals surface area contributed by atoms with E-state index >= 15 is 0 Å². The molecule has 4 heteroatoms. The molecule has 0 fully saturated rings. The highest BCUT2D eigenvalue weighted by atomic mass is 35.5. The normalized spacial score (nSPS) is 10.6. The number of pyridine rings is 1. The predicted octanol–water partition coefficient (Wildman–Crippen LogP) is 4.45. The average molecular weight is 297 g/mol. The number of benzene rings is 2. The first kappa shape index (κ1) is 13.6. The molecule has 0 saturated heterocycles. The molecule has 0 aliphatic carbocycles. The maximum atomic E-state index is 12.3. The van der Waals surface area contributed by atoms with Gasteiger partial charge in [0.25, 0.3) is 5.91 Å². The lowest BCUT2D eigenvalue weighted by Crippen LogP contribution is -2.12. The highest BCUT2D eigenvalue weighted by Gasteiger charge is 2.09. The Morgan fingerprint density at radius 2 is 2.00 bits per heavy atom. The van der Waals surface area contributed by atoms with Crippen molar-refractivity contribution >= 4 is 34.1 Å². The average Bonchev–Trinajstić information content (AvgIpc) is 2.50. The van der Waals surface area contributed by atoms with Crippen molar-refractivity contribution in [2.24, 2.45) is 0 Å². The van der Waals surface area contributed by atoms with Crippen LogP contribution in [0.25, 0.3) is 10.9 Å². The highest BCUT2D eigenvalue weighted by molar-refractivity contribution is 6.31. The summed E-state index contributed by atoms with van der Waals surface area (Å²) >= 11 is 6.07. The molecule has 104 valence electrons. The van der Waals surface area contributed by atoms with Crippen molar-refractivity contribution in [3.8, 4) is 0 Å². The Bertz CT molecular complexity index is 825. The van der Waals surface area contributed by atoms with Crippen molar-refractivity contribution in [2.45, 2.75) is 6.92 Å². The number of amides is 1. The van der Waals surface area contributed by atoms with E-state index in [1.165, 1.54) is 0 Å². The monoisotopic (exact) mass is 296 g/mol. The van der Waals surface area contributed by atoms with Crippen LogP contribution < -0.4 is 5.32 Å². The molecule has 0 radical (unpaired) electrons. The van der Waals surface area contributed by atoms with Gasteiger partial charge in [-0.25, -0.2) is 0 Å². The first-order valence-electron chi connectivity index (χ1n) is 6.56. The molecule has 2 aromatic carbocycles. The van der Waals surface area contributed by atoms with Crippen LogP contribution in [0.1, 0.15) is 15.9 Å². The third-order valence-electron chi connectivity index (χ3n) is 3.33. The van der Waals surface area contributed by atoms with E-state index in [1.54, 1.807) is 18.3 Å². The van der Waals surface area contributed by atoms with Gasteiger partial charge in [0.2, 0.25) is 0 Å². The minimum absolute atomic E-state index is 0.187. The van der Waals surface area contributed by atoms with Crippen LogP contribution in [0.3, 0.4) is 0 Å². The van der Waals surface area contributed by atoms with E-state index in [1.807, 2.05) is 43.3 Å². The largest absolute Gasteiger partial charge is 0.321 e. The van der Waals surface area contributed by atoms with Gasteiger partial charge in [-0.05, 0) is 48.9 Å². The molecule has 3 rings (SSSR count). The molecular weight excluding hydrogens is 284 g/mol. The van der Waals surface area contributed by atoms with Crippen LogP contribution >= 0.6 is 11.6 Å². The zero-order chi connectivity index (χ0) is 14.8. The highest BCUT2D eigenvalue weighted by Crippen LogP contribution is 2.23. The molecule has 1 amide bonds. The van der Waals surface area contributed by atoms with Gasteiger partial charge in [-0.15, -0.1) is 0 Å². The van der Waals surface area contributed by atoms with E-state index in [2.05, 4.69) is 10.3 Å². The number of nitrogens with zero attached hydrogens (tertiary/aromatic N) is 1. The van der Waals surface area contributed by atoms with Crippen LogP contribution in [-0.4, -0.2) is 10.9 Å². The topological polar surface area (TPSA) is 42.0 Å². The van der Waals surface area contributed by atoms with Crippen molar-refractivity contribution in [3.05, 3.63) is 70.9 Å². The number of hydrogen-bond donors (Lipinski definition) is 1. The van der Waals surface area contributed by atoms with Gasteiger partial charge in [0.05, 0.1) is 11.2 Å². The number of aromatic nitrogens is 1. The molecule has 1 N–H and O–H groups in total. The standard InChI is InChI=1S/C17H13ClN2O/c1-11-7-8-12(10-14(11)18)17(21)20-16-6-2-5-15-13(16)4-3-9-19-15/h2-10H,1H3,(H,20,21). The van der Waals surface area contributed by atoms with Gasteiger partial charge in [-0.2, -0.15) is 0 Å². The maximum Gasteiger partial charge on any atom is 0.255 e. The van der Waals surface area contributed by atoms with E-state index in [9.17, 15) is 4.79 Å². The second kappa shape index (κ2) is 5.54. The van der Waals surface area contributed by atoms with Gasteiger partial charge in [-0.3, -0.25) is 9.78 Å². The first-order valence-corrected chi connectivity index (χ1v) is 6.94. The van der Waals surface area contributed by atoms with Gasteiger partial charge in [0.15, 0.2) is 0 Å². The molecule has 1 aromatic heterocycles. The second-order valence-electron chi connectivity index (χ2n) is 4.79. The van der Waals surface area contributed by atoms with Gasteiger partial charge in [-0.1, -0.05) is 23.7 Å². The van der Waals surface area contributed by atoms with Crippen LogP contribution in [-0.2, 0) is 0 Å². The van der Waals surface area contributed by atoms with Crippen LogP contribution in [0.4, 0.5) is 5.69 Å². The summed E-state index contributed by atoms with van der Waals surface area (Å²) in [6, 6.07) is 14.7. The Hall–Kier alpha value is -2.39. The fourth-order valence-electron chi connectivity index (χ4n) is 2.14. The quantitative estimate of drug-likeness (QED) is 0.759. The van der Waals surface area contributed by atoms with E-state index in [0.29, 0.717) is 10.6 Å². The van der Waals surface area contributed by atoms with Gasteiger partial charge in [0.1, 0.15) is 0 Å². The van der Waals surface area contributed by atoms with Crippen molar-refractivity contribution in [1.82, 2.24) is 4.98 Å². The second-order valence-corrected chi connectivity index (χ2v) is 5.20. The number of carbonyl (C=O) groups excluding carboxylic acids is 1. The third-order valence-corrected chi connectivity index (χ3v) is 3.74. The molecule has 0 aliphatic heterocycles. The number of halogens is 1.